The summed E-state index contributed by atoms with van der Waals surface area (Å²) in [5, 5.41) is 2.97. The van der Waals surface area contributed by atoms with E-state index in [-0.39, 0.29) is 22.8 Å². The largest absolute Gasteiger partial charge is 0.352 e. The average molecular weight is 324 g/mol. The number of nitrogens with one attached hydrogen (secondary N) is 2. The maximum atomic E-state index is 12.4. The highest BCUT2D eigenvalue weighted by atomic mass is 32.2. The van der Waals surface area contributed by atoms with Crippen molar-refractivity contribution >= 4 is 15.9 Å². The van der Waals surface area contributed by atoms with Crippen LogP contribution in [0.3, 0.4) is 0 Å². The number of benzene rings is 1. The van der Waals surface area contributed by atoms with Gasteiger partial charge in [0.1, 0.15) is 6.04 Å². The molecule has 22 heavy (non-hydrogen) atoms. The Hall–Kier alpha value is -1.40. The lowest BCUT2D eigenvalue weighted by Crippen LogP contribution is -2.51. The Balaban J connectivity index is 2.09. The summed E-state index contributed by atoms with van der Waals surface area (Å²) < 4.78 is 27.3. The van der Waals surface area contributed by atoms with Crippen molar-refractivity contribution in [3.05, 3.63) is 30.3 Å². The van der Waals surface area contributed by atoms with E-state index in [2.05, 4.69) is 10.0 Å². The molecule has 1 aliphatic carbocycles. The van der Waals surface area contributed by atoms with Crippen LogP contribution in [0, 0.1) is 5.92 Å². The van der Waals surface area contributed by atoms with Crippen molar-refractivity contribution < 1.29 is 13.2 Å². The van der Waals surface area contributed by atoms with Gasteiger partial charge in [-0.3, -0.25) is 4.79 Å². The lowest BCUT2D eigenvalue weighted by atomic mass is 10.0. The van der Waals surface area contributed by atoms with Gasteiger partial charge in [-0.25, -0.2) is 8.42 Å². The third-order valence-corrected chi connectivity index (χ3v) is 5.44. The maximum Gasteiger partial charge on any atom is 0.241 e. The summed E-state index contributed by atoms with van der Waals surface area (Å²) in [7, 11) is -3.69. The van der Waals surface area contributed by atoms with Crippen LogP contribution < -0.4 is 10.0 Å². The molecule has 1 atom stereocenters. The summed E-state index contributed by atoms with van der Waals surface area (Å²) in [5.41, 5.74) is 0. The molecular formula is C16H24N2O3S. The zero-order valence-corrected chi connectivity index (χ0v) is 13.9. The maximum absolute atomic E-state index is 12.4. The van der Waals surface area contributed by atoms with Gasteiger partial charge in [-0.15, -0.1) is 0 Å². The van der Waals surface area contributed by atoms with Crippen LogP contribution in [0.1, 0.15) is 39.5 Å². The number of hydrogen-bond donors (Lipinski definition) is 2. The van der Waals surface area contributed by atoms with Gasteiger partial charge in [-0.1, -0.05) is 44.9 Å². The molecule has 1 aromatic rings. The molecule has 0 unspecified atom stereocenters. The van der Waals surface area contributed by atoms with Crippen LogP contribution >= 0.6 is 0 Å². The third kappa shape index (κ3) is 4.30. The predicted octanol–water partition coefficient (Wildman–Crippen LogP) is 2.05. The second-order valence-electron chi connectivity index (χ2n) is 6.15. The minimum Gasteiger partial charge on any atom is -0.352 e. The molecule has 1 aromatic carbocycles. The molecule has 2 N–H and O–H groups in total. The Labute approximate surface area is 132 Å². The molecule has 0 radical (unpaired) electrons. The highest BCUT2D eigenvalue weighted by Gasteiger charge is 2.30. The Morgan fingerprint density at radius 2 is 1.73 bits per heavy atom. The summed E-state index contributed by atoms with van der Waals surface area (Å²) >= 11 is 0. The second kappa shape index (κ2) is 7.24. The molecule has 1 fully saturated rings. The van der Waals surface area contributed by atoms with Crippen LogP contribution in [0.5, 0.6) is 0 Å². The lowest BCUT2D eigenvalue weighted by molar-refractivity contribution is -0.124. The van der Waals surface area contributed by atoms with E-state index in [1.807, 2.05) is 13.8 Å². The van der Waals surface area contributed by atoms with Gasteiger partial charge in [0.2, 0.25) is 15.9 Å². The zero-order chi connectivity index (χ0) is 16.2. The first kappa shape index (κ1) is 17.0. The van der Waals surface area contributed by atoms with Gasteiger partial charge in [0, 0.05) is 6.04 Å². The second-order valence-corrected chi connectivity index (χ2v) is 7.86. The molecule has 0 aromatic heterocycles. The minimum atomic E-state index is -3.69. The number of amides is 1. The molecule has 2 rings (SSSR count). The van der Waals surface area contributed by atoms with E-state index in [0.717, 1.165) is 25.7 Å². The monoisotopic (exact) mass is 324 g/mol. The van der Waals surface area contributed by atoms with Crippen molar-refractivity contribution in [2.24, 2.45) is 5.92 Å². The van der Waals surface area contributed by atoms with Crippen LogP contribution in [-0.4, -0.2) is 26.4 Å². The molecule has 0 bridgehead atoms. The standard InChI is InChI=1S/C16H24N2O3S/c1-12(2)15(16(19)17-13-8-6-7-9-13)18-22(20,21)14-10-4-3-5-11-14/h3-5,10-13,15,18H,6-9H2,1-2H3,(H,17,19)/t15-/m0/s1. The quantitative estimate of drug-likeness (QED) is 0.841. The molecule has 6 heteroatoms. The molecular weight excluding hydrogens is 300 g/mol. The number of rotatable bonds is 6. The smallest absolute Gasteiger partial charge is 0.241 e. The van der Waals surface area contributed by atoms with E-state index < -0.39 is 16.1 Å². The van der Waals surface area contributed by atoms with E-state index in [1.165, 1.54) is 12.1 Å². The van der Waals surface area contributed by atoms with Crippen molar-refractivity contribution in [2.75, 3.05) is 0 Å². The summed E-state index contributed by atoms with van der Waals surface area (Å²) in [6.45, 7) is 3.68. The number of carbonyl (C=O) groups excluding carboxylic acids is 1. The van der Waals surface area contributed by atoms with Crippen molar-refractivity contribution in [3.8, 4) is 0 Å². The fraction of sp³-hybridized carbons (Fsp3) is 0.562. The van der Waals surface area contributed by atoms with Gasteiger partial charge < -0.3 is 5.32 Å². The van der Waals surface area contributed by atoms with Gasteiger partial charge in [0.05, 0.1) is 4.90 Å². The summed E-state index contributed by atoms with van der Waals surface area (Å²) in [6.07, 6.45) is 4.18. The summed E-state index contributed by atoms with van der Waals surface area (Å²) in [6, 6.07) is 7.55. The highest BCUT2D eigenvalue weighted by molar-refractivity contribution is 7.89. The zero-order valence-electron chi connectivity index (χ0n) is 13.1. The van der Waals surface area contributed by atoms with E-state index >= 15 is 0 Å². The van der Waals surface area contributed by atoms with E-state index in [4.69, 9.17) is 0 Å². The molecule has 0 heterocycles. The van der Waals surface area contributed by atoms with Crippen molar-refractivity contribution in [1.29, 1.82) is 0 Å². The van der Waals surface area contributed by atoms with Crippen molar-refractivity contribution in [2.45, 2.75) is 56.5 Å². The molecule has 0 spiro atoms. The molecule has 0 aliphatic heterocycles. The van der Waals surface area contributed by atoms with E-state index in [9.17, 15) is 13.2 Å². The highest BCUT2D eigenvalue weighted by Crippen LogP contribution is 2.18. The van der Waals surface area contributed by atoms with Gasteiger partial charge in [0.25, 0.3) is 0 Å². The van der Waals surface area contributed by atoms with Crippen molar-refractivity contribution in [1.82, 2.24) is 10.0 Å². The molecule has 5 nitrogen and oxygen atoms in total. The normalized spacial score (nSPS) is 17.6. The van der Waals surface area contributed by atoms with Gasteiger partial charge in [0.15, 0.2) is 0 Å². The van der Waals surface area contributed by atoms with Crippen LogP contribution in [0.25, 0.3) is 0 Å². The topological polar surface area (TPSA) is 75.3 Å². The van der Waals surface area contributed by atoms with Gasteiger partial charge in [-0.2, -0.15) is 4.72 Å². The third-order valence-electron chi connectivity index (χ3n) is 3.99. The molecule has 0 saturated heterocycles. The average Bonchev–Trinajstić information content (AvgIpc) is 2.98. The first-order valence-electron chi connectivity index (χ1n) is 7.78. The van der Waals surface area contributed by atoms with Gasteiger partial charge >= 0.3 is 0 Å². The van der Waals surface area contributed by atoms with E-state index in [0.29, 0.717) is 0 Å². The Morgan fingerprint density at radius 1 is 1.14 bits per heavy atom. The number of sulfonamides is 1. The predicted molar refractivity (Wildman–Crippen MR) is 85.8 cm³/mol. The summed E-state index contributed by atoms with van der Waals surface area (Å²) in [4.78, 5) is 12.6. The lowest BCUT2D eigenvalue weighted by Gasteiger charge is -2.23. The first-order chi connectivity index (χ1) is 10.4. The van der Waals surface area contributed by atoms with Gasteiger partial charge in [-0.05, 0) is 30.9 Å². The fourth-order valence-corrected chi connectivity index (χ4v) is 4.05. The summed E-state index contributed by atoms with van der Waals surface area (Å²) in [5.74, 6) is -0.360. The number of hydrogen-bond acceptors (Lipinski definition) is 3. The first-order valence-corrected chi connectivity index (χ1v) is 9.26. The van der Waals surface area contributed by atoms with Crippen LogP contribution in [0.2, 0.25) is 0 Å². The molecule has 1 aliphatic rings. The minimum absolute atomic E-state index is 0.125. The van der Waals surface area contributed by atoms with Crippen LogP contribution in [0.4, 0.5) is 0 Å². The molecule has 1 saturated carbocycles. The van der Waals surface area contributed by atoms with E-state index in [1.54, 1.807) is 18.2 Å². The SMILES string of the molecule is CC(C)[C@H](NS(=O)(=O)c1ccccc1)C(=O)NC1CCCC1. The Kier molecular flexibility index (Phi) is 5.58. The fourth-order valence-electron chi connectivity index (χ4n) is 2.69. The molecule has 122 valence electrons. The molecule has 1 amide bonds. The van der Waals surface area contributed by atoms with Crippen LogP contribution in [-0.2, 0) is 14.8 Å². The Bertz CT molecular complexity index is 593. The number of carbonyl (C=O) groups is 1. The Morgan fingerprint density at radius 3 is 2.27 bits per heavy atom. The van der Waals surface area contributed by atoms with Crippen molar-refractivity contribution in [3.63, 3.8) is 0 Å². The van der Waals surface area contributed by atoms with Crippen LogP contribution in [0.15, 0.2) is 35.2 Å².